The Morgan fingerprint density at radius 3 is 2.72 bits per heavy atom. The molecule has 1 amide bonds. The van der Waals surface area contributed by atoms with Crippen molar-refractivity contribution in [3.8, 4) is 0 Å². The van der Waals surface area contributed by atoms with Gasteiger partial charge in [-0.15, -0.1) is 0 Å². The summed E-state index contributed by atoms with van der Waals surface area (Å²) in [5.41, 5.74) is 7.85. The van der Waals surface area contributed by atoms with Crippen molar-refractivity contribution in [3.05, 3.63) is 52.8 Å². The smallest absolute Gasteiger partial charge is 0.259 e. The highest BCUT2D eigenvalue weighted by molar-refractivity contribution is 6.35. The monoisotopic (exact) mass is 261 g/mol. The Bertz CT molecular complexity index is 561. The second kappa shape index (κ2) is 5.06. The summed E-state index contributed by atoms with van der Waals surface area (Å²) in [6.45, 7) is 1.87. The summed E-state index contributed by atoms with van der Waals surface area (Å²) in [6, 6.07) is 8.54. The maximum atomic E-state index is 12.0. The maximum absolute atomic E-state index is 12.0. The number of nitrogens with two attached hydrogens (primary N) is 1. The van der Waals surface area contributed by atoms with Crippen LogP contribution in [0.4, 0.5) is 11.4 Å². The van der Waals surface area contributed by atoms with E-state index in [-0.39, 0.29) is 11.5 Å². The molecule has 0 spiro atoms. The first kappa shape index (κ1) is 12.4. The van der Waals surface area contributed by atoms with Crippen LogP contribution in [0.1, 0.15) is 16.1 Å². The maximum Gasteiger partial charge on any atom is 0.259 e. The summed E-state index contributed by atoms with van der Waals surface area (Å²) in [4.78, 5) is 16.1. The van der Waals surface area contributed by atoms with Gasteiger partial charge in [0.1, 0.15) is 0 Å². The number of carbonyl (C=O) groups excluding carboxylic acids is 1. The predicted octanol–water partition coefficient (Wildman–Crippen LogP) is 2.88. The van der Waals surface area contributed by atoms with E-state index in [1.165, 1.54) is 0 Å². The molecular formula is C13H12ClN3O. The van der Waals surface area contributed by atoms with Crippen molar-refractivity contribution in [1.29, 1.82) is 0 Å². The average molecular weight is 262 g/mol. The van der Waals surface area contributed by atoms with Gasteiger partial charge < -0.3 is 11.1 Å². The van der Waals surface area contributed by atoms with Gasteiger partial charge in [0.2, 0.25) is 0 Å². The highest BCUT2D eigenvalue weighted by Crippen LogP contribution is 2.23. The lowest BCUT2D eigenvalue weighted by Gasteiger charge is -2.08. The van der Waals surface area contributed by atoms with E-state index in [0.717, 1.165) is 5.69 Å². The Balaban J connectivity index is 2.25. The minimum absolute atomic E-state index is 0.278. The number of nitrogens with zero attached hydrogens (tertiary/aromatic N) is 1. The zero-order valence-corrected chi connectivity index (χ0v) is 10.5. The standard InChI is InChI=1S/C13H12ClN3O/c1-8-5-6-9(7-16-8)17-13(18)12-10(14)3-2-4-11(12)15/h2-7H,15H2,1H3,(H,17,18). The molecule has 0 aliphatic heterocycles. The SMILES string of the molecule is Cc1ccc(NC(=O)c2c(N)cccc2Cl)cn1. The molecule has 18 heavy (non-hydrogen) atoms. The third-order valence-corrected chi connectivity index (χ3v) is 2.76. The third-order valence-electron chi connectivity index (χ3n) is 2.44. The average Bonchev–Trinajstić information content (AvgIpc) is 2.32. The lowest BCUT2D eigenvalue weighted by Crippen LogP contribution is -2.14. The fourth-order valence-corrected chi connectivity index (χ4v) is 1.78. The van der Waals surface area contributed by atoms with Crippen molar-refractivity contribution in [2.75, 3.05) is 11.1 Å². The predicted molar refractivity (Wildman–Crippen MR) is 72.8 cm³/mol. The van der Waals surface area contributed by atoms with Crippen molar-refractivity contribution >= 4 is 28.9 Å². The number of anilines is 2. The number of aryl methyl sites for hydroxylation is 1. The van der Waals surface area contributed by atoms with Gasteiger partial charge >= 0.3 is 0 Å². The van der Waals surface area contributed by atoms with E-state index in [0.29, 0.717) is 16.4 Å². The molecule has 0 unspecified atom stereocenters. The molecule has 0 aliphatic rings. The molecule has 0 aliphatic carbocycles. The van der Waals surface area contributed by atoms with Crippen LogP contribution >= 0.6 is 11.6 Å². The van der Waals surface area contributed by atoms with Gasteiger partial charge in [-0.3, -0.25) is 9.78 Å². The van der Waals surface area contributed by atoms with Gasteiger partial charge in [0.25, 0.3) is 5.91 Å². The molecular weight excluding hydrogens is 250 g/mol. The van der Waals surface area contributed by atoms with Gasteiger partial charge in [-0.25, -0.2) is 0 Å². The van der Waals surface area contributed by atoms with E-state index in [1.54, 1.807) is 30.5 Å². The van der Waals surface area contributed by atoms with Crippen molar-refractivity contribution in [2.24, 2.45) is 0 Å². The lowest BCUT2D eigenvalue weighted by molar-refractivity contribution is 0.102. The summed E-state index contributed by atoms with van der Waals surface area (Å²) >= 11 is 5.96. The number of amides is 1. The third kappa shape index (κ3) is 2.60. The minimum Gasteiger partial charge on any atom is -0.398 e. The van der Waals surface area contributed by atoms with E-state index in [9.17, 15) is 4.79 Å². The zero-order valence-electron chi connectivity index (χ0n) is 9.77. The molecule has 92 valence electrons. The van der Waals surface area contributed by atoms with Crippen molar-refractivity contribution in [2.45, 2.75) is 6.92 Å². The van der Waals surface area contributed by atoms with Gasteiger partial charge in [0, 0.05) is 11.4 Å². The lowest BCUT2D eigenvalue weighted by atomic mass is 10.1. The Hall–Kier alpha value is -2.07. The van der Waals surface area contributed by atoms with E-state index in [4.69, 9.17) is 17.3 Å². The zero-order chi connectivity index (χ0) is 13.1. The molecule has 0 saturated carbocycles. The molecule has 2 rings (SSSR count). The topological polar surface area (TPSA) is 68.0 Å². The summed E-state index contributed by atoms with van der Waals surface area (Å²) in [5.74, 6) is -0.344. The summed E-state index contributed by atoms with van der Waals surface area (Å²) in [5, 5.41) is 3.03. The van der Waals surface area contributed by atoms with Crippen LogP contribution < -0.4 is 11.1 Å². The molecule has 5 heteroatoms. The molecule has 4 nitrogen and oxygen atoms in total. The van der Waals surface area contributed by atoms with Gasteiger partial charge in [-0.1, -0.05) is 17.7 Å². The number of nitrogen functional groups attached to an aromatic ring is 1. The molecule has 0 saturated heterocycles. The minimum atomic E-state index is -0.344. The van der Waals surface area contributed by atoms with Crippen LogP contribution in [0.15, 0.2) is 36.5 Å². The summed E-state index contributed by atoms with van der Waals surface area (Å²) < 4.78 is 0. The number of benzene rings is 1. The second-order valence-electron chi connectivity index (χ2n) is 3.85. The van der Waals surface area contributed by atoms with Crippen LogP contribution in [0.2, 0.25) is 5.02 Å². The highest BCUT2D eigenvalue weighted by Gasteiger charge is 2.13. The molecule has 0 radical (unpaired) electrons. The number of hydrogen-bond acceptors (Lipinski definition) is 3. The van der Waals surface area contributed by atoms with Crippen LogP contribution in [0.5, 0.6) is 0 Å². The number of carbonyl (C=O) groups is 1. The number of aromatic nitrogens is 1. The van der Waals surface area contributed by atoms with Gasteiger partial charge in [0.15, 0.2) is 0 Å². The Labute approximate surface area is 110 Å². The van der Waals surface area contributed by atoms with Crippen molar-refractivity contribution in [3.63, 3.8) is 0 Å². The quantitative estimate of drug-likeness (QED) is 0.817. The first-order chi connectivity index (χ1) is 8.58. The number of hydrogen-bond donors (Lipinski definition) is 2. The first-order valence-electron chi connectivity index (χ1n) is 5.36. The molecule has 3 N–H and O–H groups in total. The normalized spacial score (nSPS) is 10.1. The van der Waals surface area contributed by atoms with Crippen molar-refractivity contribution < 1.29 is 4.79 Å². The van der Waals surface area contributed by atoms with E-state index >= 15 is 0 Å². The summed E-state index contributed by atoms with van der Waals surface area (Å²) in [7, 11) is 0. The van der Waals surface area contributed by atoms with Crippen LogP contribution in [-0.4, -0.2) is 10.9 Å². The van der Waals surface area contributed by atoms with E-state index < -0.39 is 0 Å². The van der Waals surface area contributed by atoms with Crippen LogP contribution in [-0.2, 0) is 0 Å². The highest BCUT2D eigenvalue weighted by atomic mass is 35.5. The molecule has 1 aromatic carbocycles. The fraction of sp³-hybridized carbons (Fsp3) is 0.0769. The molecule has 0 bridgehead atoms. The number of rotatable bonds is 2. The number of halogens is 1. The molecule has 0 atom stereocenters. The van der Waals surface area contributed by atoms with E-state index in [2.05, 4.69) is 10.3 Å². The van der Waals surface area contributed by atoms with Crippen molar-refractivity contribution in [1.82, 2.24) is 4.98 Å². The largest absolute Gasteiger partial charge is 0.398 e. The Morgan fingerprint density at radius 2 is 2.11 bits per heavy atom. The molecule has 1 aromatic heterocycles. The number of nitrogens with one attached hydrogen (secondary N) is 1. The Morgan fingerprint density at radius 1 is 1.33 bits per heavy atom. The second-order valence-corrected chi connectivity index (χ2v) is 4.25. The first-order valence-corrected chi connectivity index (χ1v) is 5.73. The van der Waals surface area contributed by atoms with Gasteiger partial charge in [-0.05, 0) is 31.2 Å². The summed E-state index contributed by atoms with van der Waals surface area (Å²) in [6.07, 6.45) is 1.58. The molecule has 0 fully saturated rings. The van der Waals surface area contributed by atoms with Crippen LogP contribution in [0, 0.1) is 6.92 Å². The van der Waals surface area contributed by atoms with Gasteiger partial charge in [-0.2, -0.15) is 0 Å². The number of pyridine rings is 1. The fourth-order valence-electron chi connectivity index (χ4n) is 1.52. The Kier molecular flexibility index (Phi) is 3.48. The molecule has 1 heterocycles. The van der Waals surface area contributed by atoms with E-state index in [1.807, 2.05) is 13.0 Å². The molecule has 2 aromatic rings. The van der Waals surface area contributed by atoms with Crippen LogP contribution in [0.3, 0.4) is 0 Å². The van der Waals surface area contributed by atoms with Gasteiger partial charge in [0.05, 0.1) is 22.5 Å². The van der Waals surface area contributed by atoms with Crippen LogP contribution in [0.25, 0.3) is 0 Å².